The highest BCUT2D eigenvalue weighted by molar-refractivity contribution is 7.91. The third kappa shape index (κ3) is 4.52. The van der Waals surface area contributed by atoms with E-state index >= 15 is 0 Å². The molecule has 0 fully saturated rings. The Morgan fingerprint density at radius 2 is 2.21 bits per heavy atom. The van der Waals surface area contributed by atoms with Crippen molar-refractivity contribution >= 4 is 17.6 Å². The van der Waals surface area contributed by atoms with Crippen LogP contribution in [0.3, 0.4) is 0 Å². The maximum Gasteiger partial charge on any atom is 0.144 e. The first-order valence-corrected chi connectivity index (χ1v) is 7.79. The van der Waals surface area contributed by atoms with Gasteiger partial charge in [0.2, 0.25) is 0 Å². The number of nitrogens with zero attached hydrogens (tertiary/aromatic N) is 2. The lowest BCUT2D eigenvalue weighted by atomic mass is 9.89. The van der Waals surface area contributed by atoms with Crippen LogP contribution in [0.1, 0.15) is 53.4 Å². The smallest absolute Gasteiger partial charge is 0.144 e. The lowest BCUT2D eigenvalue weighted by Gasteiger charge is -2.19. The molecule has 0 spiro atoms. The van der Waals surface area contributed by atoms with Crippen LogP contribution in [0, 0.1) is 11.3 Å². The summed E-state index contributed by atoms with van der Waals surface area (Å²) in [5.41, 5.74) is 2.90. The molecule has 0 amide bonds. The molecule has 104 valence electrons. The zero-order valence-electron chi connectivity index (χ0n) is 12.2. The van der Waals surface area contributed by atoms with Crippen molar-refractivity contribution in [3.05, 3.63) is 22.8 Å². The Morgan fingerprint density at radius 1 is 1.53 bits per heavy atom. The molecule has 0 aromatic heterocycles. The summed E-state index contributed by atoms with van der Waals surface area (Å²) in [5, 5.41) is 9.16. The van der Waals surface area contributed by atoms with Gasteiger partial charge in [-0.2, -0.15) is 5.26 Å². The van der Waals surface area contributed by atoms with Crippen molar-refractivity contribution in [2.45, 2.75) is 58.1 Å². The predicted octanol–water partition coefficient (Wildman–Crippen LogP) is 3.86. The molecule has 1 aliphatic carbocycles. The molecule has 0 bridgehead atoms. The number of rotatable bonds is 4. The van der Waals surface area contributed by atoms with E-state index in [0.717, 1.165) is 42.4 Å². The minimum Gasteiger partial charge on any atom is -0.591 e. The summed E-state index contributed by atoms with van der Waals surface area (Å²) in [5.74, 6) is 0. The van der Waals surface area contributed by atoms with E-state index in [-0.39, 0.29) is 4.75 Å². The highest BCUT2D eigenvalue weighted by Crippen LogP contribution is 2.28. The maximum absolute atomic E-state index is 11.9. The van der Waals surface area contributed by atoms with E-state index in [1.54, 1.807) is 6.21 Å². The first kappa shape index (κ1) is 16.0. The maximum atomic E-state index is 11.9. The molecule has 1 unspecified atom stereocenters. The van der Waals surface area contributed by atoms with Gasteiger partial charge in [0, 0.05) is 0 Å². The summed E-state index contributed by atoms with van der Waals surface area (Å²) in [7, 11) is 0. The first-order valence-electron chi connectivity index (χ1n) is 6.68. The van der Waals surface area contributed by atoms with Gasteiger partial charge in [0.05, 0.1) is 17.9 Å². The van der Waals surface area contributed by atoms with Gasteiger partial charge in [-0.25, -0.2) is 0 Å². The molecule has 1 aliphatic rings. The van der Waals surface area contributed by atoms with Gasteiger partial charge in [-0.3, -0.25) is 0 Å². The third-order valence-electron chi connectivity index (χ3n) is 2.92. The van der Waals surface area contributed by atoms with Crippen LogP contribution < -0.4 is 0 Å². The molecule has 0 aromatic carbocycles. The normalized spacial score (nSPS) is 18.4. The Bertz CT molecular complexity index is 450. The summed E-state index contributed by atoms with van der Waals surface area (Å²) in [6.45, 7) is 7.81. The van der Waals surface area contributed by atoms with Crippen molar-refractivity contribution in [1.29, 1.82) is 5.26 Å². The number of hydrogen-bond donors (Lipinski definition) is 0. The molecule has 19 heavy (non-hydrogen) atoms. The van der Waals surface area contributed by atoms with Gasteiger partial charge in [-0.15, -0.1) is 0 Å². The third-order valence-corrected chi connectivity index (χ3v) is 4.27. The molecule has 0 saturated heterocycles. The number of hydrogen-bond acceptors (Lipinski definition) is 3. The Hall–Kier alpha value is -1.05. The topological polar surface area (TPSA) is 59.2 Å². The van der Waals surface area contributed by atoms with Gasteiger partial charge in [-0.05, 0) is 51.2 Å². The minimum absolute atomic E-state index is 0.343. The van der Waals surface area contributed by atoms with Crippen LogP contribution in [0.15, 0.2) is 27.2 Å². The summed E-state index contributed by atoms with van der Waals surface area (Å²) in [4.78, 5) is 0. The van der Waals surface area contributed by atoms with Crippen molar-refractivity contribution in [2.75, 3.05) is 0 Å². The van der Waals surface area contributed by atoms with Crippen LogP contribution in [0.5, 0.6) is 0 Å². The SMILES string of the molecule is CCCC1=C(C=N[S+]([O-])C(C)(C)C)CCC=C1C#N. The summed E-state index contributed by atoms with van der Waals surface area (Å²) in [6, 6.07) is 2.25. The predicted molar refractivity (Wildman–Crippen MR) is 81.3 cm³/mol. The minimum atomic E-state index is -1.24. The van der Waals surface area contributed by atoms with E-state index in [1.807, 2.05) is 26.8 Å². The largest absolute Gasteiger partial charge is 0.591 e. The molecule has 0 saturated carbocycles. The molecular weight excluding hydrogens is 256 g/mol. The Morgan fingerprint density at radius 3 is 2.74 bits per heavy atom. The van der Waals surface area contributed by atoms with Crippen molar-refractivity contribution in [2.24, 2.45) is 4.40 Å². The summed E-state index contributed by atoms with van der Waals surface area (Å²) >= 11 is -1.24. The molecular formula is C15H22N2OS. The fourth-order valence-corrected chi connectivity index (χ4v) is 2.43. The average molecular weight is 278 g/mol. The Balaban J connectivity index is 2.98. The quantitative estimate of drug-likeness (QED) is 0.579. The van der Waals surface area contributed by atoms with Gasteiger partial charge in [0.1, 0.15) is 16.1 Å². The van der Waals surface area contributed by atoms with Gasteiger partial charge in [0.25, 0.3) is 0 Å². The second-order valence-electron chi connectivity index (χ2n) is 5.62. The number of allylic oxidation sites excluding steroid dienone is 4. The standard InChI is InChI=1S/C15H22N2OS/c1-5-7-14-12(10-16)8-6-9-13(14)11-17-19(18)15(2,3)4/h8,11H,5-7,9H2,1-4H3. The first-order chi connectivity index (χ1) is 8.90. The molecule has 0 radical (unpaired) electrons. The Kier molecular flexibility index (Phi) is 5.84. The van der Waals surface area contributed by atoms with Crippen molar-refractivity contribution in [1.82, 2.24) is 0 Å². The molecule has 0 N–H and O–H groups in total. The molecule has 3 nitrogen and oxygen atoms in total. The molecule has 0 aromatic rings. The van der Waals surface area contributed by atoms with Crippen molar-refractivity contribution in [3.8, 4) is 6.07 Å². The fourth-order valence-electron chi connectivity index (χ4n) is 1.89. The van der Waals surface area contributed by atoms with E-state index in [2.05, 4.69) is 17.4 Å². The summed E-state index contributed by atoms with van der Waals surface area (Å²) < 4.78 is 15.8. The highest BCUT2D eigenvalue weighted by Gasteiger charge is 2.26. The van der Waals surface area contributed by atoms with E-state index in [0.29, 0.717) is 0 Å². The van der Waals surface area contributed by atoms with E-state index < -0.39 is 11.4 Å². The van der Waals surface area contributed by atoms with Gasteiger partial charge in [-0.1, -0.05) is 23.8 Å². The second kappa shape index (κ2) is 6.93. The van der Waals surface area contributed by atoms with Crippen LogP contribution >= 0.6 is 0 Å². The lowest BCUT2D eigenvalue weighted by Crippen LogP contribution is -2.26. The monoisotopic (exact) mass is 278 g/mol. The van der Waals surface area contributed by atoms with Crippen molar-refractivity contribution in [3.63, 3.8) is 0 Å². The van der Waals surface area contributed by atoms with E-state index in [1.165, 1.54) is 0 Å². The van der Waals surface area contributed by atoms with Gasteiger partial charge >= 0.3 is 0 Å². The van der Waals surface area contributed by atoms with Gasteiger partial charge < -0.3 is 4.55 Å². The van der Waals surface area contributed by atoms with E-state index in [9.17, 15) is 4.55 Å². The molecule has 4 heteroatoms. The van der Waals surface area contributed by atoms with Crippen LogP contribution in [-0.2, 0) is 11.4 Å². The second-order valence-corrected chi connectivity index (χ2v) is 7.55. The fraction of sp³-hybridized carbons (Fsp3) is 0.600. The average Bonchev–Trinajstić information content (AvgIpc) is 2.36. The van der Waals surface area contributed by atoms with Gasteiger partial charge in [0.15, 0.2) is 0 Å². The highest BCUT2D eigenvalue weighted by atomic mass is 32.2. The molecule has 1 rings (SSSR count). The molecule has 0 aliphatic heterocycles. The van der Waals surface area contributed by atoms with Crippen LogP contribution in [0.2, 0.25) is 0 Å². The van der Waals surface area contributed by atoms with Crippen molar-refractivity contribution < 1.29 is 4.55 Å². The zero-order valence-corrected chi connectivity index (χ0v) is 13.0. The van der Waals surface area contributed by atoms with Crippen LogP contribution in [0.4, 0.5) is 0 Å². The molecule has 0 heterocycles. The molecule has 1 atom stereocenters. The Labute approximate surface area is 119 Å². The zero-order chi connectivity index (χ0) is 14.5. The summed E-state index contributed by atoms with van der Waals surface area (Å²) in [6.07, 6.45) is 7.32. The number of nitriles is 1. The van der Waals surface area contributed by atoms with Crippen LogP contribution in [0.25, 0.3) is 0 Å². The van der Waals surface area contributed by atoms with Crippen LogP contribution in [-0.4, -0.2) is 15.5 Å². The van der Waals surface area contributed by atoms with E-state index in [4.69, 9.17) is 5.26 Å². The lowest BCUT2D eigenvalue weighted by molar-refractivity contribution is 0.561.